The van der Waals surface area contributed by atoms with E-state index in [0.29, 0.717) is 6.42 Å². The summed E-state index contributed by atoms with van der Waals surface area (Å²) in [6.07, 6.45) is 0.985. The van der Waals surface area contributed by atoms with E-state index < -0.39 is 5.97 Å². The highest BCUT2D eigenvalue weighted by molar-refractivity contribution is 5.67. The van der Waals surface area contributed by atoms with Crippen molar-refractivity contribution in [2.75, 3.05) is 7.05 Å². The maximum Gasteiger partial charge on any atom is 0.304 e. The van der Waals surface area contributed by atoms with Gasteiger partial charge in [0, 0.05) is 6.04 Å². The van der Waals surface area contributed by atoms with E-state index in [0.717, 1.165) is 11.3 Å². The molecular weight excluding hydrogens is 230 g/mol. The quantitative estimate of drug-likeness (QED) is 0.779. The number of likely N-dealkylation sites (N-methyl/N-ethyl adjacent to an activating group) is 1. The van der Waals surface area contributed by atoms with Gasteiger partial charge in [0.25, 0.3) is 0 Å². The van der Waals surface area contributed by atoms with Crippen LogP contribution in [0.15, 0.2) is 24.3 Å². The Labute approximate surface area is 108 Å². The molecule has 1 atom stereocenters. The van der Waals surface area contributed by atoms with Crippen LogP contribution in [0.3, 0.4) is 0 Å². The van der Waals surface area contributed by atoms with E-state index in [2.05, 4.69) is 5.32 Å². The average Bonchev–Trinajstić information content (AvgIpc) is 2.29. The van der Waals surface area contributed by atoms with Gasteiger partial charge in [-0.1, -0.05) is 12.1 Å². The molecule has 4 nitrogen and oxygen atoms in total. The third-order valence-corrected chi connectivity index (χ3v) is 2.61. The molecule has 0 aliphatic carbocycles. The average molecular weight is 251 g/mol. The summed E-state index contributed by atoms with van der Waals surface area (Å²) in [5, 5.41) is 11.8. The summed E-state index contributed by atoms with van der Waals surface area (Å²) < 4.78 is 5.56. The lowest BCUT2D eigenvalue weighted by Gasteiger charge is -2.14. The number of aliphatic carboxylic acids is 1. The Morgan fingerprint density at radius 2 is 1.94 bits per heavy atom. The van der Waals surface area contributed by atoms with Gasteiger partial charge in [0.05, 0.1) is 12.5 Å². The first-order valence-electron chi connectivity index (χ1n) is 6.16. The Morgan fingerprint density at radius 3 is 2.39 bits per heavy atom. The first-order valence-corrected chi connectivity index (χ1v) is 6.16. The normalized spacial score (nSPS) is 12.4. The number of carbonyl (C=O) groups is 1. The van der Waals surface area contributed by atoms with E-state index in [1.165, 1.54) is 0 Å². The molecule has 0 aliphatic heterocycles. The molecule has 0 amide bonds. The second-order valence-corrected chi connectivity index (χ2v) is 4.60. The standard InChI is InChI=1S/C14H21NO3/c1-10(2)18-13-6-4-11(5-7-13)8-12(15-3)9-14(16)17/h4-7,10,12,15H,8-9H2,1-3H3,(H,16,17)/t12-/m0/s1. The highest BCUT2D eigenvalue weighted by atomic mass is 16.5. The lowest BCUT2D eigenvalue weighted by molar-refractivity contribution is -0.137. The molecule has 0 aromatic heterocycles. The van der Waals surface area contributed by atoms with Crippen LogP contribution in [0.5, 0.6) is 5.75 Å². The number of hydrogen-bond donors (Lipinski definition) is 2. The smallest absolute Gasteiger partial charge is 0.304 e. The first kappa shape index (κ1) is 14.5. The molecule has 1 aromatic carbocycles. The zero-order valence-corrected chi connectivity index (χ0v) is 11.1. The molecule has 0 aliphatic rings. The van der Waals surface area contributed by atoms with Gasteiger partial charge in [-0.25, -0.2) is 0 Å². The van der Waals surface area contributed by atoms with Crippen LogP contribution < -0.4 is 10.1 Å². The number of hydrogen-bond acceptors (Lipinski definition) is 3. The van der Waals surface area contributed by atoms with E-state index in [-0.39, 0.29) is 18.6 Å². The molecule has 0 saturated heterocycles. The summed E-state index contributed by atoms with van der Waals surface area (Å²) in [6.45, 7) is 3.97. The van der Waals surface area contributed by atoms with Crippen LogP contribution in [0.1, 0.15) is 25.8 Å². The molecular formula is C14H21NO3. The highest BCUT2D eigenvalue weighted by Gasteiger charge is 2.11. The SMILES string of the molecule is CN[C@H](CC(=O)O)Cc1ccc(OC(C)C)cc1. The number of nitrogens with one attached hydrogen (secondary N) is 1. The number of carboxylic acid groups (broad SMARTS) is 1. The Hall–Kier alpha value is -1.55. The maximum atomic E-state index is 10.7. The van der Waals surface area contributed by atoms with Gasteiger partial charge < -0.3 is 15.2 Å². The predicted octanol–water partition coefficient (Wildman–Crippen LogP) is 2.08. The molecule has 0 unspecified atom stereocenters. The van der Waals surface area contributed by atoms with Gasteiger partial charge in [-0.3, -0.25) is 4.79 Å². The Bertz CT molecular complexity index is 373. The van der Waals surface area contributed by atoms with Crippen LogP contribution in [-0.4, -0.2) is 30.3 Å². The number of ether oxygens (including phenoxy) is 1. The van der Waals surface area contributed by atoms with Crippen molar-refractivity contribution in [3.63, 3.8) is 0 Å². The van der Waals surface area contributed by atoms with E-state index in [9.17, 15) is 4.79 Å². The Balaban J connectivity index is 2.59. The molecule has 4 heteroatoms. The molecule has 18 heavy (non-hydrogen) atoms. The minimum atomic E-state index is -0.783. The summed E-state index contributed by atoms with van der Waals surface area (Å²) in [4.78, 5) is 10.7. The minimum Gasteiger partial charge on any atom is -0.491 e. The summed E-state index contributed by atoms with van der Waals surface area (Å²) in [5.74, 6) is 0.0575. The zero-order chi connectivity index (χ0) is 13.5. The Morgan fingerprint density at radius 1 is 1.33 bits per heavy atom. The van der Waals surface area contributed by atoms with Gasteiger partial charge in [0.1, 0.15) is 5.75 Å². The maximum absolute atomic E-state index is 10.7. The largest absolute Gasteiger partial charge is 0.491 e. The topological polar surface area (TPSA) is 58.6 Å². The second-order valence-electron chi connectivity index (χ2n) is 4.60. The Kier molecular flexibility index (Phi) is 5.65. The van der Waals surface area contributed by atoms with Crippen molar-refractivity contribution >= 4 is 5.97 Å². The molecule has 0 spiro atoms. The van der Waals surface area contributed by atoms with Crippen molar-refractivity contribution in [2.45, 2.75) is 38.8 Å². The zero-order valence-electron chi connectivity index (χ0n) is 11.1. The van der Waals surface area contributed by atoms with E-state index in [1.54, 1.807) is 7.05 Å². The van der Waals surface area contributed by atoms with Crippen LogP contribution >= 0.6 is 0 Å². The number of carboxylic acids is 1. The van der Waals surface area contributed by atoms with Crippen molar-refractivity contribution in [3.8, 4) is 5.75 Å². The third kappa shape index (κ3) is 5.19. The fourth-order valence-electron chi connectivity index (χ4n) is 1.75. The summed E-state index contributed by atoms with van der Waals surface area (Å²) in [5.41, 5.74) is 1.10. The molecule has 1 rings (SSSR count). The lowest BCUT2D eigenvalue weighted by Crippen LogP contribution is -2.30. The van der Waals surface area contributed by atoms with Gasteiger partial charge in [-0.15, -0.1) is 0 Å². The van der Waals surface area contributed by atoms with Crippen molar-refractivity contribution in [3.05, 3.63) is 29.8 Å². The monoisotopic (exact) mass is 251 g/mol. The molecule has 0 heterocycles. The lowest BCUT2D eigenvalue weighted by atomic mass is 10.0. The van der Waals surface area contributed by atoms with Crippen molar-refractivity contribution < 1.29 is 14.6 Å². The fourth-order valence-corrected chi connectivity index (χ4v) is 1.75. The van der Waals surface area contributed by atoms with Crippen LogP contribution in [-0.2, 0) is 11.2 Å². The minimum absolute atomic E-state index is 0.0423. The highest BCUT2D eigenvalue weighted by Crippen LogP contribution is 2.15. The van der Waals surface area contributed by atoms with Crippen molar-refractivity contribution in [1.29, 1.82) is 0 Å². The molecule has 1 aromatic rings. The van der Waals surface area contributed by atoms with Crippen LogP contribution in [0.2, 0.25) is 0 Å². The molecule has 0 radical (unpaired) electrons. The molecule has 2 N–H and O–H groups in total. The number of rotatable bonds is 7. The van der Waals surface area contributed by atoms with Gasteiger partial charge in [0.15, 0.2) is 0 Å². The van der Waals surface area contributed by atoms with Gasteiger partial charge in [0.2, 0.25) is 0 Å². The van der Waals surface area contributed by atoms with Crippen LogP contribution in [0.4, 0.5) is 0 Å². The van der Waals surface area contributed by atoms with E-state index in [4.69, 9.17) is 9.84 Å². The molecule has 0 saturated carbocycles. The van der Waals surface area contributed by atoms with Gasteiger partial charge in [-0.2, -0.15) is 0 Å². The first-order chi connectivity index (χ1) is 8.51. The number of benzene rings is 1. The summed E-state index contributed by atoms with van der Waals surface area (Å²) >= 11 is 0. The third-order valence-electron chi connectivity index (χ3n) is 2.61. The molecule has 0 fully saturated rings. The summed E-state index contributed by atoms with van der Waals surface area (Å²) in [6, 6.07) is 7.75. The predicted molar refractivity (Wildman–Crippen MR) is 71.0 cm³/mol. The van der Waals surface area contributed by atoms with Crippen molar-refractivity contribution in [2.24, 2.45) is 0 Å². The van der Waals surface area contributed by atoms with Crippen LogP contribution in [0, 0.1) is 0 Å². The van der Waals surface area contributed by atoms with Gasteiger partial charge >= 0.3 is 5.97 Å². The molecule has 0 bridgehead atoms. The van der Waals surface area contributed by atoms with Crippen LogP contribution in [0.25, 0.3) is 0 Å². The molecule has 100 valence electrons. The van der Waals surface area contributed by atoms with E-state index in [1.807, 2.05) is 38.1 Å². The fraction of sp³-hybridized carbons (Fsp3) is 0.500. The van der Waals surface area contributed by atoms with Gasteiger partial charge in [-0.05, 0) is 45.0 Å². The van der Waals surface area contributed by atoms with E-state index >= 15 is 0 Å². The second kappa shape index (κ2) is 7.01. The van der Waals surface area contributed by atoms with Crippen molar-refractivity contribution in [1.82, 2.24) is 5.32 Å². The summed E-state index contributed by atoms with van der Waals surface area (Å²) in [7, 11) is 1.78.